The zero-order chi connectivity index (χ0) is 13.7. The number of hydrogen-bond acceptors (Lipinski definition) is 4. The fourth-order valence-electron chi connectivity index (χ4n) is 1.89. The summed E-state index contributed by atoms with van der Waals surface area (Å²) in [7, 11) is 0. The molecule has 0 saturated carbocycles. The lowest BCUT2D eigenvalue weighted by atomic mass is 10.1. The van der Waals surface area contributed by atoms with E-state index in [-0.39, 0.29) is 13.2 Å². The molecule has 2 aromatic rings. The lowest BCUT2D eigenvalue weighted by Gasteiger charge is -2.11. The molecule has 0 bridgehead atoms. The van der Waals surface area contributed by atoms with Crippen molar-refractivity contribution in [1.29, 1.82) is 0 Å². The van der Waals surface area contributed by atoms with Gasteiger partial charge in [-0.05, 0) is 36.6 Å². The maximum atomic E-state index is 9.18. The van der Waals surface area contributed by atoms with Crippen molar-refractivity contribution in [2.45, 2.75) is 20.0 Å². The quantitative estimate of drug-likeness (QED) is 0.864. The first-order chi connectivity index (χ1) is 9.22. The highest BCUT2D eigenvalue weighted by Crippen LogP contribution is 2.25. The summed E-state index contributed by atoms with van der Waals surface area (Å²) < 4.78 is 5.75. The molecule has 1 heterocycles. The van der Waals surface area contributed by atoms with Crippen molar-refractivity contribution < 1.29 is 14.9 Å². The third kappa shape index (κ3) is 3.53. The van der Waals surface area contributed by atoms with Crippen LogP contribution in [-0.2, 0) is 13.0 Å². The molecule has 0 aliphatic carbocycles. The molecule has 0 unspecified atom stereocenters. The van der Waals surface area contributed by atoms with Crippen molar-refractivity contribution in [2.75, 3.05) is 6.61 Å². The summed E-state index contributed by atoms with van der Waals surface area (Å²) in [6, 6.07) is 11.1. The zero-order valence-electron chi connectivity index (χ0n) is 10.8. The van der Waals surface area contributed by atoms with Gasteiger partial charge in [0.25, 0.3) is 0 Å². The fraction of sp³-hybridized carbons (Fsp3) is 0.267. The Morgan fingerprint density at radius 2 is 1.95 bits per heavy atom. The molecule has 100 valence electrons. The van der Waals surface area contributed by atoms with Crippen LogP contribution in [0.1, 0.15) is 16.8 Å². The van der Waals surface area contributed by atoms with E-state index in [4.69, 9.17) is 9.84 Å². The molecule has 0 atom stereocenters. The second-order valence-corrected chi connectivity index (χ2v) is 4.30. The number of aliphatic hydroxyl groups is 2. The van der Waals surface area contributed by atoms with E-state index in [9.17, 15) is 5.11 Å². The van der Waals surface area contributed by atoms with Crippen molar-refractivity contribution in [2.24, 2.45) is 0 Å². The molecular weight excluding hydrogens is 242 g/mol. The van der Waals surface area contributed by atoms with E-state index in [1.807, 2.05) is 37.3 Å². The van der Waals surface area contributed by atoms with Crippen LogP contribution in [0.3, 0.4) is 0 Å². The van der Waals surface area contributed by atoms with Crippen LogP contribution in [-0.4, -0.2) is 21.8 Å². The number of benzene rings is 1. The van der Waals surface area contributed by atoms with E-state index < -0.39 is 0 Å². The number of aryl methyl sites for hydroxylation is 1. The molecule has 1 aromatic heterocycles. The van der Waals surface area contributed by atoms with E-state index in [0.29, 0.717) is 18.1 Å². The summed E-state index contributed by atoms with van der Waals surface area (Å²) in [4.78, 5) is 4.28. The van der Waals surface area contributed by atoms with Gasteiger partial charge in [-0.2, -0.15) is 0 Å². The average molecular weight is 259 g/mol. The van der Waals surface area contributed by atoms with Gasteiger partial charge in [-0.15, -0.1) is 0 Å². The Hall–Kier alpha value is -1.91. The van der Waals surface area contributed by atoms with Gasteiger partial charge in [0.1, 0.15) is 5.75 Å². The Kier molecular flexibility index (Phi) is 4.49. The Bertz CT molecular complexity index is 555. The van der Waals surface area contributed by atoms with Crippen LogP contribution in [0.5, 0.6) is 11.6 Å². The first kappa shape index (κ1) is 13.5. The first-order valence-corrected chi connectivity index (χ1v) is 6.18. The second-order valence-electron chi connectivity index (χ2n) is 4.30. The van der Waals surface area contributed by atoms with Crippen LogP contribution >= 0.6 is 0 Å². The fourth-order valence-corrected chi connectivity index (χ4v) is 1.89. The molecule has 0 aliphatic heterocycles. The lowest BCUT2D eigenvalue weighted by molar-refractivity contribution is 0.280. The average Bonchev–Trinajstić information content (AvgIpc) is 2.40. The van der Waals surface area contributed by atoms with Gasteiger partial charge in [-0.1, -0.05) is 18.2 Å². The van der Waals surface area contributed by atoms with Crippen LogP contribution < -0.4 is 4.74 Å². The number of pyridine rings is 1. The molecule has 0 amide bonds. The van der Waals surface area contributed by atoms with E-state index in [0.717, 1.165) is 16.8 Å². The van der Waals surface area contributed by atoms with Crippen LogP contribution in [0.4, 0.5) is 0 Å². The molecule has 0 fully saturated rings. The number of aromatic nitrogens is 1. The van der Waals surface area contributed by atoms with Crippen molar-refractivity contribution in [3.05, 3.63) is 53.2 Å². The van der Waals surface area contributed by atoms with Crippen molar-refractivity contribution in [1.82, 2.24) is 4.98 Å². The minimum atomic E-state index is -0.0436. The molecular formula is C15H17NO3. The molecule has 4 heteroatoms. The molecule has 0 aliphatic rings. The summed E-state index contributed by atoms with van der Waals surface area (Å²) in [5.74, 6) is 1.13. The molecule has 0 saturated heterocycles. The summed E-state index contributed by atoms with van der Waals surface area (Å²) in [6.45, 7) is 1.88. The van der Waals surface area contributed by atoms with Gasteiger partial charge in [0, 0.05) is 18.4 Å². The largest absolute Gasteiger partial charge is 0.439 e. The van der Waals surface area contributed by atoms with Gasteiger partial charge in [0.2, 0.25) is 5.88 Å². The molecule has 2 N–H and O–H groups in total. The minimum Gasteiger partial charge on any atom is -0.439 e. The SMILES string of the molecule is Cc1cc(CO)cc(Oc2ccccc2CCO)n1. The van der Waals surface area contributed by atoms with Gasteiger partial charge in [0.05, 0.1) is 6.61 Å². The predicted octanol–water partition coefficient (Wildman–Crippen LogP) is 2.21. The van der Waals surface area contributed by atoms with Crippen LogP contribution in [0.2, 0.25) is 0 Å². The number of rotatable bonds is 5. The van der Waals surface area contributed by atoms with Gasteiger partial charge in [-0.25, -0.2) is 4.98 Å². The number of nitrogens with zero attached hydrogens (tertiary/aromatic N) is 1. The van der Waals surface area contributed by atoms with E-state index in [1.165, 1.54) is 0 Å². The standard InChI is InChI=1S/C15H17NO3/c1-11-8-12(10-18)9-15(16-11)19-14-5-3-2-4-13(14)6-7-17/h2-5,8-9,17-18H,6-7,10H2,1H3. The molecule has 0 spiro atoms. The summed E-state index contributed by atoms with van der Waals surface area (Å²) in [6.07, 6.45) is 0.537. The van der Waals surface area contributed by atoms with Crippen LogP contribution in [0.25, 0.3) is 0 Å². The highest BCUT2D eigenvalue weighted by Gasteiger charge is 2.06. The molecule has 19 heavy (non-hydrogen) atoms. The van der Waals surface area contributed by atoms with Crippen LogP contribution in [0, 0.1) is 6.92 Å². The van der Waals surface area contributed by atoms with Crippen molar-refractivity contribution >= 4 is 0 Å². The van der Waals surface area contributed by atoms with E-state index >= 15 is 0 Å². The topological polar surface area (TPSA) is 62.6 Å². The van der Waals surface area contributed by atoms with Gasteiger partial charge < -0.3 is 14.9 Å². The van der Waals surface area contributed by atoms with E-state index in [2.05, 4.69) is 4.98 Å². The van der Waals surface area contributed by atoms with Gasteiger partial charge in [0.15, 0.2) is 0 Å². The van der Waals surface area contributed by atoms with Gasteiger partial charge in [-0.3, -0.25) is 0 Å². The highest BCUT2D eigenvalue weighted by atomic mass is 16.5. The molecule has 1 aromatic carbocycles. The third-order valence-electron chi connectivity index (χ3n) is 2.74. The molecule has 4 nitrogen and oxygen atoms in total. The first-order valence-electron chi connectivity index (χ1n) is 6.18. The highest BCUT2D eigenvalue weighted by molar-refractivity contribution is 5.37. The molecule has 0 radical (unpaired) electrons. The summed E-state index contributed by atoms with van der Waals surface area (Å²) >= 11 is 0. The maximum absolute atomic E-state index is 9.18. The normalized spacial score (nSPS) is 10.5. The number of hydrogen-bond donors (Lipinski definition) is 2. The van der Waals surface area contributed by atoms with E-state index in [1.54, 1.807) is 6.07 Å². The zero-order valence-corrected chi connectivity index (χ0v) is 10.8. The smallest absolute Gasteiger partial charge is 0.219 e. The summed E-state index contributed by atoms with van der Waals surface area (Å²) in [5.41, 5.74) is 2.49. The maximum Gasteiger partial charge on any atom is 0.219 e. The summed E-state index contributed by atoms with van der Waals surface area (Å²) in [5, 5.41) is 18.2. The molecule has 2 rings (SSSR count). The Balaban J connectivity index is 2.28. The van der Waals surface area contributed by atoms with Gasteiger partial charge >= 0.3 is 0 Å². The number of ether oxygens (including phenoxy) is 1. The van der Waals surface area contributed by atoms with Crippen molar-refractivity contribution in [3.8, 4) is 11.6 Å². The Labute approximate surface area is 112 Å². The predicted molar refractivity (Wildman–Crippen MR) is 72.2 cm³/mol. The van der Waals surface area contributed by atoms with Crippen LogP contribution in [0.15, 0.2) is 36.4 Å². The second kappa shape index (κ2) is 6.31. The minimum absolute atomic E-state index is 0.0436. The Morgan fingerprint density at radius 1 is 1.16 bits per heavy atom. The van der Waals surface area contributed by atoms with Crippen molar-refractivity contribution in [3.63, 3.8) is 0 Å². The number of para-hydroxylation sites is 1. The Morgan fingerprint density at radius 3 is 2.68 bits per heavy atom. The number of aliphatic hydroxyl groups excluding tert-OH is 2. The third-order valence-corrected chi connectivity index (χ3v) is 2.74. The lowest BCUT2D eigenvalue weighted by Crippen LogP contribution is -1.98. The monoisotopic (exact) mass is 259 g/mol.